The summed E-state index contributed by atoms with van der Waals surface area (Å²) in [6.45, 7) is 5.80. The first kappa shape index (κ1) is 17.4. The molecule has 25 heavy (non-hydrogen) atoms. The molecule has 0 atom stereocenters. The molecule has 1 saturated carbocycles. The van der Waals surface area contributed by atoms with Crippen molar-refractivity contribution in [2.75, 3.05) is 0 Å². The summed E-state index contributed by atoms with van der Waals surface area (Å²) in [6.07, 6.45) is 2.54. The highest BCUT2D eigenvalue weighted by molar-refractivity contribution is 6.06. The van der Waals surface area contributed by atoms with E-state index in [2.05, 4.69) is 15.5 Å². The largest absolute Gasteiger partial charge is 0.481 e. The minimum absolute atomic E-state index is 0.00557. The third-order valence-corrected chi connectivity index (χ3v) is 4.88. The second kappa shape index (κ2) is 6.82. The lowest BCUT2D eigenvalue weighted by Gasteiger charge is -2.27. The molecule has 2 aromatic heterocycles. The normalized spacial score (nSPS) is 20.8. The molecule has 1 aliphatic carbocycles. The number of carboxylic acids is 1. The maximum atomic E-state index is 12.8. The number of fused-ring (bicyclic) bond motifs is 1. The van der Waals surface area contributed by atoms with Crippen LogP contribution in [0.1, 0.15) is 67.2 Å². The van der Waals surface area contributed by atoms with Crippen molar-refractivity contribution in [2.45, 2.75) is 58.4 Å². The summed E-state index contributed by atoms with van der Waals surface area (Å²) in [5.41, 5.74) is 2.32. The fourth-order valence-electron chi connectivity index (χ4n) is 3.34. The van der Waals surface area contributed by atoms with E-state index < -0.39 is 5.97 Å². The predicted molar refractivity (Wildman–Crippen MR) is 91.5 cm³/mol. The van der Waals surface area contributed by atoms with Gasteiger partial charge in [-0.3, -0.25) is 9.59 Å². The number of hydrogen-bond acceptors (Lipinski definition) is 5. The molecular weight excluding hydrogens is 322 g/mol. The third-order valence-electron chi connectivity index (χ3n) is 4.88. The Morgan fingerprint density at radius 2 is 1.96 bits per heavy atom. The highest BCUT2D eigenvalue weighted by Gasteiger charge is 2.28. The lowest BCUT2D eigenvalue weighted by molar-refractivity contribution is -0.142. The van der Waals surface area contributed by atoms with Crippen LogP contribution < -0.4 is 5.32 Å². The van der Waals surface area contributed by atoms with Crippen molar-refractivity contribution in [3.05, 3.63) is 23.0 Å². The molecule has 1 amide bonds. The average molecular weight is 345 g/mol. The molecule has 0 radical (unpaired) electrons. The monoisotopic (exact) mass is 345 g/mol. The van der Waals surface area contributed by atoms with E-state index in [-0.39, 0.29) is 23.8 Å². The Morgan fingerprint density at radius 1 is 1.28 bits per heavy atom. The predicted octanol–water partition coefficient (Wildman–Crippen LogP) is 3.03. The van der Waals surface area contributed by atoms with Gasteiger partial charge in [-0.05, 0) is 44.6 Å². The number of carbonyl (C=O) groups excluding carboxylic acids is 1. The lowest BCUT2D eigenvalue weighted by atomic mass is 9.86. The van der Waals surface area contributed by atoms with Crippen molar-refractivity contribution in [2.24, 2.45) is 5.92 Å². The van der Waals surface area contributed by atoms with E-state index in [0.29, 0.717) is 48.0 Å². The maximum Gasteiger partial charge on any atom is 0.306 e. The minimum Gasteiger partial charge on any atom is -0.481 e. The molecule has 7 nitrogen and oxygen atoms in total. The molecule has 1 fully saturated rings. The van der Waals surface area contributed by atoms with Gasteiger partial charge in [-0.15, -0.1) is 0 Å². The summed E-state index contributed by atoms with van der Waals surface area (Å²) in [6, 6.07) is 1.80. The number of carbonyl (C=O) groups is 2. The topological polar surface area (TPSA) is 105 Å². The number of carboxylic acid groups (broad SMARTS) is 1. The molecule has 0 bridgehead atoms. The molecule has 2 N–H and O–H groups in total. The molecule has 2 heterocycles. The zero-order valence-electron chi connectivity index (χ0n) is 14.7. The maximum absolute atomic E-state index is 12.8. The van der Waals surface area contributed by atoms with E-state index in [1.54, 1.807) is 13.0 Å². The molecule has 3 rings (SSSR count). The van der Waals surface area contributed by atoms with E-state index in [4.69, 9.17) is 9.63 Å². The lowest BCUT2D eigenvalue weighted by Crippen LogP contribution is -2.38. The first-order valence-electron chi connectivity index (χ1n) is 8.67. The van der Waals surface area contributed by atoms with Crippen LogP contribution in [0.2, 0.25) is 0 Å². The number of hydrogen-bond donors (Lipinski definition) is 2. The molecule has 1 aliphatic rings. The molecule has 7 heteroatoms. The van der Waals surface area contributed by atoms with Gasteiger partial charge in [0.05, 0.1) is 22.6 Å². The SMILES string of the molecule is Cc1noc2nc(C(C)C)cc(C(=O)NC3CCC(C(=O)O)CC3)c12. The summed E-state index contributed by atoms with van der Waals surface area (Å²) in [5.74, 6) is -1.07. The number of nitrogens with zero attached hydrogens (tertiary/aromatic N) is 2. The molecule has 0 spiro atoms. The second-order valence-corrected chi connectivity index (χ2v) is 7.06. The highest BCUT2D eigenvalue weighted by atomic mass is 16.5. The van der Waals surface area contributed by atoms with Crippen molar-refractivity contribution in [3.8, 4) is 0 Å². The molecular formula is C18H23N3O4. The van der Waals surface area contributed by atoms with Gasteiger partial charge in [0.15, 0.2) is 0 Å². The van der Waals surface area contributed by atoms with Crippen molar-refractivity contribution in [1.82, 2.24) is 15.5 Å². The number of aromatic nitrogens is 2. The van der Waals surface area contributed by atoms with Gasteiger partial charge in [-0.2, -0.15) is 0 Å². The fraction of sp³-hybridized carbons (Fsp3) is 0.556. The van der Waals surface area contributed by atoms with Crippen LogP contribution >= 0.6 is 0 Å². The fourth-order valence-corrected chi connectivity index (χ4v) is 3.34. The van der Waals surface area contributed by atoms with Gasteiger partial charge in [0.25, 0.3) is 11.6 Å². The highest BCUT2D eigenvalue weighted by Crippen LogP contribution is 2.27. The summed E-state index contributed by atoms with van der Waals surface area (Å²) in [5, 5.41) is 16.7. The third kappa shape index (κ3) is 3.50. The van der Waals surface area contributed by atoms with E-state index in [1.165, 1.54) is 0 Å². The van der Waals surface area contributed by atoms with E-state index in [1.807, 2.05) is 13.8 Å². The first-order valence-corrected chi connectivity index (χ1v) is 8.67. The molecule has 0 aromatic carbocycles. The summed E-state index contributed by atoms with van der Waals surface area (Å²) >= 11 is 0. The quantitative estimate of drug-likeness (QED) is 0.882. The standard InChI is InChI=1S/C18H23N3O4/c1-9(2)14-8-13(15-10(3)21-25-17(15)20-14)16(22)19-12-6-4-11(5-7-12)18(23)24/h8-9,11-12H,4-7H2,1-3H3,(H,19,22)(H,23,24). The van der Waals surface area contributed by atoms with Crippen LogP contribution in [0.4, 0.5) is 0 Å². The van der Waals surface area contributed by atoms with Crippen LogP contribution in [0.15, 0.2) is 10.6 Å². The van der Waals surface area contributed by atoms with Gasteiger partial charge in [0.2, 0.25) is 0 Å². The zero-order chi connectivity index (χ0) is 18.1. The minimum atomic E-state index is -0.748. The van der Waals surface area contributed by atoms with Crippen LogP contribution in [0, 0.1) is 12.8 Å². The van der Waals surface area contributed by atoms with Crippen LogP contribution in [0.25, 0.3) is 11.1 Å². The Bertz CT molecular complexity index is 804. The van der Waals surface area contributed by atoms with Gasteiger partial charge in [0.1, 0.15) is 0 Å². The van der Waals surface area contributed by atoms with E-state index >= 15 is 0 Å². The van der Waals surface area contributed by atoms with Crippen molar-refractivity contribution in [3.63, 3.8) is 0 Å². The number of rotatable bonds is 4. The van der Waals surface area contributed by atoms with Gasteiger partial charge < -0.3 is 14.9 Å². The molecule has 0 aliphatic heterocycles. The molecule has 134 valence electrons. The smallest absolute Gasteiger partial charge is 0.306 e. The number of nitrogens with one attached hydrogen (secondary N) is 1. The van der Waals surface area contributed by atoms with E-state index in [9.17, 15) is 9.59 Å². The summed E-state index contributed by atoms with van der Waals surface area (Å²) in [7, 11) is 0. The molecule has 0 unspecified atom stereocenters. The van der Waals surface area contributed by atoms with Crippen LogP contribution in [-0.2, 0) is 4.79 Å². The van der Waals surface area contributed by atoms with E-state index in [0.717, 1.165) is 5.69 Å². The van der Waals surface area contributed by atoms with Crippen molar-refractivity contribution >= 4 is 23.0 Å². The summed E-state index contributed by atoms with van der Waals surface area (Å²) < 4.78 is 5.25. The van der Waals surface area contributed by atoms with Gasteiger partial charge in [0, 0.05) is 11.7 Å². The van der Waals surface area contributed by atoms with Crippen LogP contribution in [-0.4, -0.2) is 33.2 Å². The van der Waals surface area contributed by atoms with Crippen LogP contribution in [0.3, 0.4) is 0 Å². The molecule has 2 aromatic rings. The van der Waals surface area contributed by atoms with Crippen molar-refractivity contribution in [1.29, 1.82) is 0 Å². The Labute approximate surface area is 145 Å². The Balaban J connectivity index is 1.82. The van der Waals surface area contributed by atoms with Gasteiger partial charge in [-0.1, -0.05) is 19.0 Å². The Kier molecular flexibility index (Phi) is 4.74. The average Bonchev–Trinajstić information content (AvgIpc) is 2.95. The second-order valence-electron chi connectivity index (χ2n) is 7.06. The Hall–Kier alpha value is -2.44. The molecule has 0 saturated heterocycles. The number of pyridine rings is 1. The zero-order valence-corrected chi connectivity index (χ0v) is 14.7. The van der Waals surface area contributed by atoms with Gasteiger partial charge >= 0.3 is 5.97 Å². The number of aliphatic carboxylic acids is 1. The summed E-state index contributed by atoms with van der Waals surface area (Å²) in [4.78, 5) is 28.3. The Morgan fingerprint density at radius 3 is 2.56 bits per heavy atom. The first-order chi connectivity index (χ1) is 11.9. The van der Waals surface area contributed by atoms with Crippen LogP contribution in [0.5, 0.6) is 0 Å². The number of amides is 1. The number of aryl methyl sites for hydroxylation is 1. The van der Waals surface area contributed by atoms with Crippen molar-refractivity contribution < 1.29 is 19.2 Å². The van der Waals surface area contributed by atoms with Gasteiger partial charge in [-0.25, -0.2) is 4.98 Å².